The highest BCUT2D eigenvalue weighted by atomic mass is 16.5. The van der Waals surface area contributed by atoms with Gasteiger partial charge in [-0.3, -0.25) is 0 Å². The van der Waals surface area contributed by atoms with Crippen LogP contribution < -0.4 is 4.74 Å². The van der Waals surface area contributed by atoms with Crippen LogP contribution in [0.25, 0.3) is 5.69 Å². The van der Waals surface area contributed by atoms with E-state index in [1.54, 1.807) is 12.1 Å². The van der Waals surface area contributed by atoms with Gasteiger partial charge in [0.25, 0.3) is 0 Å². The normalized spacial score (nSPS) is 10.3. The van der Waals surface area contributed by atoms with Gasteiger partial charge in [-0.15, -0.1) is 5.10 Å². The van der Waals surface area contributed by atoms with Crippen molar-refractivity contribution in [3.63, 3.8) is 0 Å². The highest BCUT2D eigenvalue weighted by Crippen LogP contribution is 2.21. The maximum absolute atomic E-state index is 11.2. The molecule has 0 aliphatic rings. The quantitative estimate of drug-likeness (QED) is 0.865. The number of hydrogen-bond acceptors (Lipinski definition) is 5. The molecule has 0 spiro atoms. The van der Waals surface area contributed by atoms with Crippen molar-refractivity contribution in [2.24, 2.45) is 0 Å². The fourth-order valence-electron chi connectivity index (χ4n) is 1.61. The maximum atomic E-state index is 11.2. The zero-order valence-electron chi connectivity index (χ0n) is 9.99. The third-order valence-electron chi connectivity index (χ3n) is 2.51. The minimum absolute atomic E-state index is 0.123. The van der Waals surface area contributed by atoms with Gasteiger partial charge in [0.2, 0.25) is 0 Å². The molecule has 0 aliphatic carbocycles. The first-order chi connectivity index (χ1) is 8.67. The van der Waals surface area contributed by atoms with Crippen molar-refractivity contribution in [3.05, 3.63) is 29.6 Å². The monoisotopic (exact) mass is 248 g/mol. The van der Waals surface area contributed by atoms with Crippen LogP contribution >= 0.6 is 0 Å². The van der Waals surface area contributed by atoms with E-state index < -0.39 is 5.97 Å². The summed E-state index contributed by atoms with van der Waals surface area (Å²) in [6.45, 7) is 1.89. The predicted molar refractivity (Wildman–Crippen MR) is 62.0 cm³/mol. The number of aromatic nitrogens is 4. The molecular formula is C11H12N4O3. The van der Waals surface area contributed by atoms with Crippen LogP contribution in [-0.2, 0) is 6.42 Å². The van der Waals surface area contributed by atoms with E-state index in [0.717, 1.165) is 0 Å². The molecule has 0 saturated carbocycles. The molecule has 1 N–H and O–H groups in total. The Morgan fingerprint density at radius 1 is 1.50 bits per heavy atom. The maximum Gasteiger partial charge on any atom is 0.337 e. The average Bonchev–Trinajstić information content (AvgIpc) is 2.85. The van der Waals surface area contributed by atoms with Gasteiger partial charge in [0.05, 0.1) is 18.4 Å². The molecule has 0 bridgehead atoms. The van der Waals surface area contributed by atoms with E-state index in [9.17, 15) is 4.79 Å². The fraction of sp³-hybridized carbons (Fsp3) is 0.273. The van der Waals surface area contributed by atoms with Gasteiger partial charge in [-0.25, -0.2) is 4.79 Å². The third-order valence-corrected chi connectivity index (χ3v) is 2.51. The van der Waals surface area contributed by atoms with E-state index >= 15 is 0 Å². The van der Waals surface area contributed by atoms with Crippen LogP contribution in [0, 0.1) is 0 Å². The van der Waals surface area contributed by atoms with Crippen LogP contribution in [-0.4, -0.2) is 38.4 Å². The number of benzene rings is 1. The molecule has 18 heavy (non-hydrogen) atoms. The van der Waals surface area contributed by atoms with Crippen LogP contribution in [0.5, 0.6) is 5.75 Å². The number of aryl methyl sites for hydroxylation is 1. The van der Waals surface area contributed by atoms with Gasteiger partial charge in [-0.1, -0.05) is 6.92 Å². The topological polar surface area (TPSA) is 90.1 Å². The average molecular weight is 248 g/mol. The largest absolute Gasteiger partial charge is 0.497 e. The second kappa shape index (κ2) is 4.82. The highest BCUT2D eigenvalue weighted by Gasteiger charge is 2.16. The fourth-order valence-corrected chi connectivity index (χ4v) is 1.61. The number of carboxylic acids is 1. The van der Waals surface area contributed by atoms with E-state index in [-0.39, 0.29) is 5.56 Å². The summed E-state index contributed by atoms with van der Waals surface area (Å²) in [5.41, 5.74) is 0.515. The third kappa shape index (κ3) is 2.02. The van der Waals surface area contributed by atoms with Crippen molar-refractivity contribution in [1.29, 1.82) is 0 Å². The second-order valence-corrected chi connectivity index (χ2v) is 3.55. The minimum atomic E-state index is -1.04. The Balaban J connectivity index is 2.63. The first kappa shape index (κ1) is 12.0. The summed E-state index contributed by atoms with van der Waals surface area (Å²) in [5, 5.41) is 20.4. The van der Waals surface area contributed by atoms with Crippen LogP contribution in [0.2, 0.25) is 0 Å². The van der Waals surface area contributed by atoms with Crippen molar-refractivity contribution in [1.82, 2.24) is 20.2 Å². The lowest BCUT2D eigenvalue weighted by atomic mass is 10.1. The molecule has 1 heterocycles. The lowest BCUT2D eigenvalue weighted by Gasteiger charge is -2.09. The Bertz CT molecular complexity index is 579. The molecule has 0 saturated heterocycles. The van der Waals surface area contributed by atoms with Gasteiger partial charge < -0.3 is 9.84 Å². The highest BCUT2D eigenvalue weighted by molar-refractivity contribution is 5.92. The minimum Gasteiger partial charge on any atom is -0.497 e. The van der Waals surface area contributed by atoms with E-state index in [1.807, 2.05) is 6.92 Å². The van der Waals surface area contributed by atoms with Crippen molar-refractivity contribution < 1.29 is 14.6 Å². The molecule has 0 radical (unpaired) electrons. The Morgan fingerprint density at radius 2 is 2.28 bits per heavy atom. The van der Waals surface area contributed by atoms with Crippen LogP contribution in [0.15, 0.2) is 18.2 Å². The molecule has 0 unspecified atom stereocenters. The Kier molecular flexibility index (Phi) is 3.22. The number of ether oxygens (including phenoxy) is 1. The first-order valence-electron chi connectivity index (χ1n) is 5.36. The van der Waals surface area contributed by atoms with E-state index in [2.05, 4.69) is 15.5 Å². The number of rotatable bonds is 4. The number of hydrogen-bond donors (Lipinski definition) is 1. The summed E-state index contributed by atoms with van der Waals surface area (Å²) in [5.74, 6) is 0.100. The molecule has 1 aromatic heterocycles. The molecule has 94 valence electrons. The van der Waals surface area contributed by atoms with Gasteiger partial charge in [-0.05, 0) is 22.6 Å². The van der Waals surface area contributed by atoms with Crippen molar-refractivity contribution in [3.8, 4) is 11.4 Å². The number of tetrazole rings is 1. The predicted octanol–water partition coefficient (Wildman–Crippen LogP) is 0.931. The Hall–Kier alpha value is -2.44. The van der Waals surface area contributed by atoms with Crippen LogP contribution in [0.1, 0.15) is 23.1 Å². The molecule has 0 fully saturated rings. The zero-order valence-corrected chi connectivity index (χ0v) is 9.99. The van der Waals surface area contributed by atoms with Gasteiger partial charge in [0, 0.05) is 12.5 Å². The van der Waals surface area contributed by atoms with Crippen molar-refractivity contribution in [2.45, 2.75) is 13.3 Å². The summed E-state index contributed by atoms with van der Waals surface area (Å²) in [6, 6.07) is 4.65. The van der Waals surface area contributed by atoms with E-state index in [1.165, 1.54) is 17.9 Å². The zero-order chi connectivity index (χ0) is 13.1. The molecule has 7 nitrogen and oxygen atoms in total. The van der Waals surface area contributed by atoms with Gasteiger partial charge in [0.15, 0.2) is 5.82 Å². The summed E-state index contributed by atoms with van der Waals surface area (Å²) >= 11 is 0. The molecule has 0 atom stereocenters. The van der Waals surface area contributed by atoms with Gasteiger partial charge >= 0.3 is 5.97 Å². The molecule has 2 aromatic rings. The number of aromatic carboxylic acids is 1. The molecule has 7 heteroatoms. The molecule has 0 amide bonds. The van der Waals surface area contributed by atoms with Crippen LogP contribution in [0.4, 0.5) is 0 Å². The Morgan fingerprint density at radius 3 is 2.89 bits per heavy atom. The van der Waals surface area contributed by atoms with E-state index in [0.29, 0.717) is 23.7 Å². The Labute approximate surface area is 103 Å². The van der Waals surface area contributed by atoms with Gasteiger partial charge in [-0.2, -0.15) is 4.68 Å². The van der Waals surface area contributed by atoms with Gasteiger partial charge in [0.1, 0.15) is 5.75 Å². The SMILES string of the molecule is CCc1nnnn1-c1cc(OC)ccc1C(=O)O. The number of nitrogens with zero attached hydrogens (tertiary/aromatic N) is 4. The number of carboxylic acid groups (broad SMARTS) is 1. The second-order valence-electron chi connectivity index (χ2n) is 3.55. The number of methoxy groups -OCH3 is 1. The van der Waals surface area contributed by atoms with Crippen LogP contribution in [0.3, 0.4) is 0 Å². The van der Waals surface area contributed by atoms with Crippen molar-refractivity contribution in [2.75, 3.05) is 7.11 Å². The summed E-state index contributed by atoms with van der Waals surface area (Å²) in [4.78, 5) is 11.2. The lowest BCUT2D eigenvalue weighted by molar-refractivity contribution is 0.0696. The molecule has 2 rings (SSSR count). The van der Waals surface area contributed by atoms with Crippen molar-refractivity contribution >= 4 is 5.97 Å². The molecular weight excluding hydrogens is 236 g/mol. The summed E-state index contributed by atoms with van der Waals surface area (Å²) in [7, 11) is 1.51. The van der Waals surface area contributed by atoms with E-state index in [4.69, 9.17) is 9.84 Å². The first-order valence-corrected chi connectivity index (χ1v) is 5.36. The standard InChI is InChI=1S/C11H12N4O3/c1-3-10-12-13-14-15(10)9-6-7(18-2)4-5-8(9)11(16)17/h4-6H,3H2,1-2H3,(H,16,17). The molecule has 0 aliphatic heterocycles. The molecule has 1 aromatic carbocycles. The summed E-state index contributed by atoms with van der Waals surface area (Å²) < 4.78 is 6.49. The number of carbonyl (C=O) groups is 1. The lowest BCUT2D eigenvalue weighted by Crippen LogP contribution is -2.09. The summed E-state index contributed by atoms with van der Waals surface area (Å²) in [6.07, 6.45) is 0.600. The smallest absolute Gasteiger partial charge is 0.337 e.